The molecule has 1 aliphatic rings. The predicted molar refractivity (Wildman–Crippen MR) is 71.4 cm³/mol. The quantitative estimate of drug-likeness (QED) is 0.794. The highest BCUT2D eigenvalue weighted by molar-refractivity contribution is 9.09. The lowest BCUT2D eigenvalue weighted by Crippen LogP contribution is -2.22. The van der Waals surface area contributed by atoms with Crippen LogP contribution in [0.15, 0.2) is 24.3 Å². The van der Waals surface area contributed by atoms with Crippen molar-refractivity contribution in [3.05, 3.63) is 34.9 Å². The van der Waals surface area contributed by atoms with E-state index in [4.69, 9.17) is 16.3 Å². The summed E-state index contributed by atoms with van der Waals surface area (Å²) in [6.07, 6.45) is -0.295. The monoisotopic (exact) mass is 338 g/mol. The number of hydrogen-bond acceptors (Lipinski definition) is 3. The lowest BCUT2D eigenvalue weighted by atomic mass is 10.2. The van der Waals surface area contributed by atoms with Crippen molar-refractivity contribution in [3.63, 3.8) is 0 Å². The Bertz CT molecular complexity index is 503. The molecule has 6 heteroatoms. The Kier molecular flexibility index (Phi) is 4.13. The van der Waals surface area contributed by atoms with Crippen molar-refractivity contribution in [2.75, 3.05) is 11.5 Å². The van der Waals surface area contributed by atoms with E-state index in [1.54, 1.807) is 6.07 Å². The van der Waals surface area contributed by atoms with Crippen LogP contribution < -0.4 is 0 Å². The summed E-state index contributed by atoms with van der Waals surface area (Å²) in [6.45, 7) is 0.335. The molecule has 0 saturated carbocycles. The predicted octanol–water partition coefficient (Wildman–Crippen LogP) is 2.42. The van der Waals surface area contributed by atoms with Crippen LogP contribution in [0.25, 0.3) is 0 Å². The normalized spacial score (nSPS) is 27.2. The number of ether oxygens (including phenoxy) is 1. The molecule has 1 aromatic carbocycles. The van der Waals surface area contributed by atoms with Crippen LogP contribution in [0.5, 0.6) is 0 Å². The van der Waals surface area contributed by atoms with Gasteiger partial charge in [0.25, 0.3) is 0 Å². The summed E-state index contributed by atoms with van der Waals surface area (Å²) in [5, 5.41) is 0.638. The minimum absolute atomic E-state index is 0.0768. The maximum atomic E-state index is 11.4. The molecule has 3 nitrogen and oxygen atoms in total. The van der Waals surface area contributed by atoms with Gasteiger partial charge in [0.05, 0.1) is 29.0 Å². The second kappa shape index (κ2) is 5.26. The van der Waals surface area contributed by atoms with Crippen LogP contribution in [0.2, 0.25) is 5.02 Å². The minimum atomic E-state index is -2.96. The number of alkyl halides is 1. The summed E-state index contributed by atoms with van der Waals surface area (Å²) in [6, 6.07) is 7.38. The summed E-state index contributed by atoms with van der Waals surface area (Å²) in [7, 11) is -2.96. The largest absolute Gasteiger partial charge is 0.371 e. The molecule has 1 heterocycles. The number of sulfone groups is 1. The Labute approximate surface area is 114 Å². The second-order valence-corrected chi connectivity index (χ2v) is 7.77. The molecule has 1 fully saturated rings. The van der Waals surface area contributed by atoms with E-state index >= 15 is 0 Å². The molecular formula is C11H12BrClO3S. The zero-order valence-corrected chi connectivity index (χ0v) is 12.1. The summed E-state index contributed by atoms with van der Waals surface area (Å²) < 4.78 is 28.4. The molecule has 2 rings (SSSR count). The molecule has 0 bridgehead atoms. The maximum absolute atomic E-state index is 11.4. The van der Waals surface area contributed by atoms with Crippen molar-refractivity contribution >= 4 is 37.4 Å². The fourth-order valence-electron chi connectivity index (χ4n) is 1.74. The van der Waals surface area contributed by atoms with E-state index in [2.05, 4.69) is 15.9 Å². The van der Waals surface area contributed by atoms with Gasteiger partial charge < -0.3 is 4.74 Å². The topological polar surface area (TPSA) is 43.4 Å². The van der Waals surface area contributed by atoms with Crippen molar-refractivity contribution in [2.45, 2.75) is 17.5 Å². The summed E-state index contributed by atoms with van der Waals surface area (Å²) >= 11 is 9.33. The molecule has 17 heavy (non-hydrogen) atoms. The molecule has 94 valence electrons. The number of halogens is 2. The molecule has 0 radical (unpaired) electrons. The molecule has 2 atom stereocenters. The van der Waals surface area contributed by atoms with Gasteiger partial charge in [-0.05, 0) is 11.6 Å². The second-order valence-electron chi connectivity index (χ2n) is 4.03. The molecule has 0 aliphatic carbocycles. The summed E-state index contributed by atoms with van der Waals surface area (Å²) in [4.78, 5) is -0.130. The van der Waals surface area contributed by atoms with Gasteiger partial charge in [-0.25, -0.2) is 8.42 Å². The van der Waals surface area contributed by atoms with Gasteiger partial charge in [0.1, 0.15) is 0 Å². The van der Waals surface area contributed by atoms with E-state index in [9.17, 15) is 8.42 Å². The van der Waals surface area contributed by atoms with Crippen LogP contribution >= 0.6 is 27.5 Å². The molecule has 1 saturated heterocycles. The Morgan fingerprint density at radius 2 is 2.06 bits per heavy atom. The molecule has 0 aromatic heterocycles. The highest BCUT2D eigenvalue weighted by atomic mass is 79.9. The first-order valence-corrected chi connectivity index (χ1v) is 8.29. The van der Waals surface area contributed by atoms with E-state index in [-0.39, 0.29) is 22.4 Å². The molecule has 1 aliphatic heterocycles. The zero-order chi connectivity index (χ0) is 12.5. The first kappa shape index (κ1) is 13.3. The minimum Gasteiger partial charge on any atom is -0.371 e. The lowest BCUT2D eigenvalue weighted by Gasteiger charge is -2.14. The van der Waals surface area contributed by atoms with Crippen LogP contribution in [-0.4, -0.2) is 30.9 Å². The molecule has 0 amide bonds. The standard InChI is InChI=1S/C11H12BrClO3S/c12-9-6-17(14,15)7-11(9)16-5-8-3-1-2-4-10(8)13/h1-4,9,11H,5-7H2. The van der Waals surface area contributed by atoms with E-state index < -0.39 is 9.84 Å². The first-order valence-electron chi connectivity index (χ1n) is 5.17. The van der Waals surface area contributed by atoms with Gasteiger partial charge in [-0.1, -0.05) is 45.7 Å². The van der Waals surface area contributed by atoms with E-state index in [0.717, 1.165) is 5.56 Å². The Morgan fingerprint density at radius 1 is 1.35 bits per heavy atom. The van der Waals surface area contributed by atoms with Gasteiger partial charge in [0, 0.05) is 5.02 Å². The van der Waals surface area contributed by atoms with Gasteiger partial charge in [0.2, 0.25) is 0 Å². The van der Waals surface area contributed by atoms with E-state index in [1.807, 2.05) is 18.2 Å². The molecular weight excluding hydrogens is 328 g/mol. The van der Waals surface area contributed by atoms with E-state index in [0.29, 0.717) is 11.6 Å². The maximum Gasteiger partial charge on any atom is 0.154 e. The van der Waals surface area contributed by atoms with Crippen molar-refractivity contribution in [1.29, 1.82) is 0 Å². The van der Waals surface area contributed by atoms with Crippen LogP contribution in [0.4, 0.5) is 0 Å². The van der Waals surface area contributed by atoms with Crippen molar-refractivity contribution in [1.82, 2.24) is 0 Å². The SMILES string of the molecule is O=S1(=O)CC(Br)C(OCc2ccccc2Cl)C1. The number of rotatable bonds is 3. The number of benzene rings is 1. The summed E-state index contributed by atoms with van der Waals surface area (Å²) in [5.74, 6) is 0.216. The molecule has 0 N–H and O–H groups in total. The third-order valence-electron chi connectivity index (χ3n) is 2.65. The molecule has 0 spiro atoms. The van der Waals surface area contributed by atoms with Crippen molar-refractivity contribution in [2.24, 2.45) is 0 Å². The Balaban J connectivity index is 1.98. The third-order valence-corrected chi connectivity index (χ3v) is 6.06. The smallest absolute Gasteiger partial charge is 0.154 e. The van der Waals surface area contributed by atoms with Crippen LogP contribution in [0.1, 0.15) is 5.56 Å². The summed E-state index contributed by atoms with van der Waals surface area (Å²) in [5.41, 5.74) is 0.873. The van der Waals surface area contributed by atoms with Crippen molar-refractivity contribution in [3.8, 4) is 0 Å². The van der Waals surface area contributed by atoms with Gasteiger partial charge in [-0.3, -0.25) is 0 Å². The van der Waals surface area contributed by atoms with Crippen LogP contribution in [0, 0.1) is 0 Å². The van der Waals surface area contributed by atoms with Crippen LogP contribution in [-0.2, 0) is 21.2 Å². The Hall–Kier alpha value is -0.100. The third kappa shape index (κ3) is 3.44. The first-order chi connectivity index (χ1) is 7.98. The van der Waals surface area contributed by atoms with Gasteiger partial charge in [-0.2, -0.15) is 0 Å². The average Bonchev–Trinajstić information content (AvgIpc) is 2.51. The molecule has 1 aromatic rings. The fourth-order valence-corrected chi connectivity index (χ4v) is 5.39. The van der Waals surface area contributed by atoms with Gasteiger partial charge >= 0.3 is 0 Å². The molecule has 2 unspecified atom stereocenters. The lowest BCUT2D eigenvalue weighted by molar-refractivity contribution is 0.0625. The average molecular weight is 340 g/mol. The highest BCUT2D eigenvalue weighted by Crippen LogP contribution is 2.24. The van der Waals surface area contributed by atoms with Crippen LogP contribution in [0.3, 0.4) is 0 Å². The fraction of sp³-hybridized carbons (Fsp3) is 0.455. The van der Waals surface area contributed by atoms with Gasteiger partial charge in [0.15, 0.2) is 9.84 Å². The zero-order valence-electron chi connectivity index (χ0n) is 8.97. The van der Waals surface area contributed by atoms with Crippen molar-refractivity contribution < 1.29 is 13.2 Å². The van der Waals surface area contributed by atoms with E-state index in [1.165, 1.54) is 0 Å². The Morgan fingerprint density at radius 3 is 2.65 bits per heavy atom. The highest BCUT2D eigenvalue weighted by Gasteiger charge is 2.36. The number of hydrogen-bond donors (Lipinski definition) is 0. The van der Waals surface area contributed by atoms with Gasteiger partial charge in [-0.15, -0.1) is 0 Å².